The van der Waals surface area contributed by atoms with Crippen molar-refractivity contribution in [3.63, 3.8) is 0 Å². The van der Waals surface area contributed by atoms with Gasteiger partial charge in [0.25, 0.3) is 0 Å². The molecular formula is C15H21NO5. The van der Waals surface area contributed by atoms with Crippen molar-refractivity contribution in [1.82, 2.24) is 0 Å². The zero-order valence-corrected chi connectivity index (χ0v) is 12.8. The van der Waals surface area contributed by atoms with Gasteiger partial charge in [-0.15, -0.1) is 0 Å². The van der Waals surface area contributed by atoms with Crippen molar-refractivity contribution in [1.29, 1.82) is 0 Å². The third-order valence-corrected chi connectivity index (χ3v) is 2.80. The number of methoxy groups -OCH3 is 2. The summed E-state index contributed by atoms with van der Waals surface area (Å²) in [6.45, 7) is 3.47. The molecule has 0 aliphatic rings. The molecule has 0 bridgehead atoms. The quantitative estimate of drug-likeness (QED) is 0.362. The van der Waals surface area contributed by atoms with Crippen molar-refractivity contribution in [3.8, 4) is 11.5 Å². The minimum absolute atomic E-state index is 0.00140. The highest BCUT2D eigenvalue weighted by Crippen LogP contribution is 2.28. The van der Waals surface area contributed by atoms with Crippen LogP contribution >= 0.6 is 0 Å². The topological polar surface area (TPSA) is 77.4 Å². The summed E-state index contributed by atoms with van der Waals surface area (Å²) in [7, 11) is 3.12. The standard InChI is InChI=1S/C15H21NO5/c1-10(2)21-15(17)12(16-18)7-5-11-6-8-13(19-3)14(9-11)20-4/h6,8-10,18H,5,7H2,1-4H3. The number of esters is 1. The van der Waals surface area contributed by atoms with E-state index >= 15 is 0 Å². The van der Waals surface area contributed by atoms with Crippen molar-refractivity contribution in [2.75, 3.05) is 14.2 Å². The molecule has 0 aromatic heterocycles. The Bertz CT molecular complexity index is 511. The summed E-state index contributed by atoms with van der Waals surface area (Å²) in [4.78, 5) is 11.7. The van der Waals surface area contributed by atoms with Gasteiger partial charge in [0, 0.05) is 6.42 Å². The van der Waals surface area contributed by atoms with Gasteiger partial charge in [0.2, 0.25) is 0 Å². The van der Waals surface area contributed by atoms with E-state index in [4.69, 9.17) is 19.4 Å². The SMILES string of the molecule is COc1ccc(CCC(=NO)C(=O)OC(C)C)cc1OC. The summed E-state index contributed by atoms with van der Waals surface area (Å²) in [6.07, 6.45) is 0.542. The zero-order valence-electron chi connectivity index (χ0n) is 12.8. The Morgan fingerprint density at radius 1 is 1.24 bits per heavy atom. The Hall–Kier alpha value is -2.24. The van der Waals surface area contributed by atoms with Gasteiger partial charge in [-0.1, -0.05) is 11.2 Å². The van der Waals surface area contributed by atoms with Crippen molar-refractivity contribution >= 4 is 11.7 Å². The number of rotatable bonds is 7. The van der Waals surface area contributed by atoms with Gasteiger partial charge >= 0.3 is 5.97 Å². The van der Waals surface area contributed by atoms with Crippen molar-refractivity contribution in [2.24, 2.45) is 5.16 Å². The second-order valence-corrected chi connectivity index (χ2v) is 4.69. The molecule has 6 heteroatoms. The summed E-state index contributed by atoms with van der Waals surface area (Å²) >= 11 is 0. The van der Waals surface area contributed by atoms with Gasteiger partial charge in [-0.3, -0.25) is 0 Å². The van der Waals surface area contributed by atoms with Crippen LogP contribution in [0.15, 0.2) is 23.4 Å². The van der Waals surface area contributed by atoms with E-state index in [9.17, 15) is 4.79 Å². The molecule has 0 saturated carbocycles. The van der Waals surface area contributed by atoms with E-state index in [1.54, 1.807) is 34.1 Å². The first-order valence-corrected chi connectivity index (χ1v) is 6.64. The zero-order chi connectivity index (χ0) is 15.8. The smallest absolute Gasteiger partial charge is 0.356 e. The fraction of sp³-hybridized carbons (Fsp3) is 0.467. The fourth-order valence-electron chi connectivity index (χ4n) is 1.77. The number of carbonyl (C=O) groups is 1. The minimum atomic E-state index is -0.604. The van der Waals surface area contributed by atoms with E-state index in [0.29, 0.717) is 17.9 Å². The number of hydrogen-bond acceptors (Lipinski definition) is 6. The lowest BCUT2D eigenvalue weighted by molar-refractivity contribution is -0.139. The fourth-order valence-corrected chi connectivity index (χ4v) is 1.77. The molecule has 0 saturated heterocycles. The largest absolute Gasteiger partial charge is 0.493 e. The highest BCUT2D eigenvalue weighted by Gasteiger charge is 2.16. The molecule has 0 heterocycles. The molecule has 0 atom stereocenters. The molecule has 116 valence electrons. The molecule has 0 fully saturated rings. The first-order valence-electron chi connectivity index (χ1n) is 6.64. The number of hydrogen-bond donors (Lipinski definition) is 1. The second kappa shape index (κ2) is 8.14. The van der Waals surface area contributed by atoms with Crippen molar-refractivity contribution in [3.05, 3.63) is 23.8 Å². The summed E-state index contributed by atoms with van der Waals surface area (Å²) in [5.74, 6) is 0.645. The maximum absolute atomic E-state index is 11.7. The first-order chi connectivity index (χ1) is 10.0. The Balaban J connectivity index is 2.71. The van der Waals surface area contributed by atoms with Crippen LogP contribution in [0.3, 0.4) is 0 Å². The molecule has 0 amide bonds. The van der Waals surface area contributed by atoms with Crippen LogP contribution in [0, 0.1) is 0 Å². The molecule has 1 N–H and O–H groups in total. The van der Waals surface area contributed by atoms with E-state index in [2.05, 4.69) is 5.16 Å². The van der Waals surface area contributed by atoms with Crippen molar-refractivity contribution in [2.45, 2.75) is 32.8 Å². The van der Waals surface area contributed by atoms with E-state index in [1.807, 2.05) is 12.1 Å². The maximum atomic E-state index is 11.7. The summed E-state index contributed by atoms with van der Waals surface area (Å²) in [5.41, 5.74) is 0.935. The van der Waals surface area contributed by atoms with Gasteiger partial charge in [-0.05, 0) is 38.0 Å². The van der Waals surface area contributed by atoms with Gasteiger partial charge in [0.05, 0.1) is 20.3 Å². The Kier molecular flexibility index (Phi) is 6.52. The average Bonchev–Trinajstić information content (AvgIpc) is 2.46. The van der Waals surface area contributed by atoms with E-state index in [-0.39, 0.29) is 18.2 Å². The highest BCUT2D eigenvalue weighted by atomic mass is 16.5. The van der Waals surface area contributed by atoms with Crippen LogP contribution in [0.4, 0.5) is 0 Å². The number of nitrogens with zero attached hydrogens (tertiary/aromatic N) is 1. The van der Waals surface area contributed by atoms with Crippen LogP contribution in [0.25, 0.3) is 0 Å². The second-order valence-electron chi connectivity index (χ2n) is 4.69. The normalized spacial score (nSPS) is 11.4. The number of oxime groups is 1. The lowest BCUT2D eigenvalue weighted by Crippen LogP contribution is -2.21. The third kappa shape index (κ3) is 4.98. The van der Waals surface area contributed by atoms with Gasteiger partial charge in [-0.2, -0.15) is 0 Å². The predicted octanol–water partition coefficient (Wildman–Crippen LogP) is 2.42. The van der Waals surface area contributed by atoms with Crippen LogP contribution in [-0.2, 0) is 16.0 Å². The molecular weight excluding hydrogens is 274 g/mol. The Labute approximate surface area is 124 Å². The highest BCUT2D eigenvalue weighted by molar-refractivity contribution is 6.36. The summed E-state index contributed by atoms with van der Waals surface area (Å²) in [6, 6.07) is 5.47. The molecule has 1 rings (SSSR count). The molecule has 1 aromatic carbocycles. The molecule has 0 aliphatic heterocycles. The molecule has 21 heavy (non-hydrogen) atoms. The maximum Gasteiger partial charge on any atom is 0.356 e. The summed E-state index contributed by atoms with van der Waals surface area (Å²) in [5, 5.41) is 11.9. The average molecular weight is 295 g/mol. The van der Waals surface area contributed by atoms with E-state index < -0.39 is 5.97 Å². The lowest BCUT2D eigenvalue weighted by atomic mass is 10.1. The first kappa shape index (κ1) is 16.8. The molecule has 1 aromatic rings. The van der Waals surface area contributed by atoms with Crippen LogP contribution in [-0.4, -0.2) is 37.2 Å². The monoisotopic (exact) mass is 295 g/mol. The number of benzene rings is 1. The molecule has 6 nitrogen and oxygen atoms in total. The molecule has 0 radical (unpaired) electrons. The Morgan fingerprint density at radius 2 is 1.90 bits per heavy atom. The van der Waals surface area contributed by atoms with Gasteiger partial charge < -0.3 is 19.4 Å². The van der Waals surface area contributed by atoms with Crippen LogP contribution in [0.2, 0.25) is 0 Å². The van der Waals surface area contributed by atoms with E-state index in [0.717, 1.165) is 5.56 Å². The van der Waals surface area contributed by atoms with Gasteiger partial charge in [0.15, 0.2) is 17.2 Å². The Morgan fingerprint density at radius 3 is 2.43 bits per heavy atom. The number of aryl methyl sites for hydroxylation is 1. The number of ether oxygens (including phenoxy) is 3. The molecule has 0 aliphatic carbocycles. The molecule has 0 spiro atoms. The van der Waals surface area contributed by atoms with Crippen LogP contribution in [0.1, 0.15) is 25.8 Å². The number of carbonyl (C=O) groups excluding carboxylic acids is 1. The van der Waals surface area contributed by atoms with Gasteiger partial charge in [0.1, 0.15) is 0 Å². The van der Waals surface area contributed by atoms with Crippen LogP contribution < -0.4 is 9.47 Å². The summed E-state index contributed by atoms with van der Waals surface area (Å²) < 4.78 is 15.4. The predicted molar refractivity (Wildman–Crippen MR) is 78.3 cm³/mol. The van der Waals surface area contributed by atoms with Crippen molar-refractivity contribution < 1.29 is 24.2 Å². The third-order valence-electron chi connectivity index (χ3n) is 2.80. The van der Waals surface area contributed by atoms with E-state index in [1.165, 1.54) is 0 Å². The molecule has 0 unspecified atom stereocenters. The lowest BCUT2D eigenvalue weighted by Gasteiger charge is -2.11. The van der Waals surface area contributed by atoms with Crippen LogP contribution in [0.5, 0.6) is 11.5 Å². The minimum Gasteiger partial charge on any atom is -0.493 e. The van der Waals surface area contributed by atoms with Gasteiger partial charge in [-0.25, -0.2) is 4.79 Å².